The van der Waals surface area contributed by atoms with Gasteiger partial charge in [0.2, 0.25) is 0 Å². The molecule has 4 rings (SSSR count). The van der Waals surface area contributed by atoms with E-state index in [2.05, 4.69) is 32.4 Å². The summed E-state index contributed by atoms with van der Waals surface area (Å²) >= 11 is 0. The third kappa shape index (κ3) is 4.36. The van der Waals surface area contributed by atoms with Crippen molar-refractivity contribution in [3.05, 3.63) is 84.1 Å². The lowest BCUT2D eigenvalue weighted by Crippen LogP contribution is -2.22. The molecule has 1 saturated heterocycles. The van der Waals surface area contributed by atoms with E-state index in [0.717, 1.165) is 22.5 Å². The molecule has 144 valence electrons. The van der Waals surface area contributed by atoms with Crippen molar-refractivity contribution in [1.82, 2.24) is 15.0 Å². The van der Waals surface area contributed by atoms with Crippen LogP contribution in [0.25, 0.3) is 0 Å². The molecule has 0 aromatic carbocycles. The van der Waals surface area contributed by atoms with Gasteiger partial charge in [-0.15, -0.1) is 0 Å². The topological polar surface area (TPSA) is 84.8 Å². The number of aromatic nitrogens is 3. The lowest BCUT2D eigenvalue weighted by Gasteiger charge is -2.20. The first kappa shape index (κ1) is 18.6. The lowest BCUT2D eigenvalue weighted by atomic mass is 9.87. The average molecular weight is 395 g/mol. The van der Waals surface area contributed by atoms with Gasteiger partial charge in [0.1, 0.15) is 5.82 Å². The predicted molar refractivity (Wildman–Crippen MR) is 109 cm³/mol. The van der Waals surface area contributed by atoms with Crippen LogP contribution in [0, 0.1) is 0 Å². The van der Waals surface area contributed by atoms with Crippen LogP contribution in [-0.2, 0) is 16.3 Å². The van der Waals surface area contributed by atoms with Crippen LogP contribution in [0.4, 0.5) is 5.82 Å². The van der Waals surface area contributed by atoms with Gasteiger partial charge in [0.15, 0.2) is 9.84 Å². The van der Waals surface area contributed by atoms with Crippen LogP contribution in [0.3, 0.4) is 0 Å². The molecule has 0 saturated carbocycles. The number of anilines is 1. The molecule has 3 aromatic heterocycles. The quantitative estimate of drug-likeness (QED) is 0.692. The second-order valence-electron chi connectivity index (χ2n) is 7.08. The fourth-order valence-electron chi connectivity index (χ4n) is 3.65. The Kier molecular flexibility index (Phi) is 5.34. The Hall–Kier alpha value is -2.80. The number of rotatable bonds is 6. The highest BCUT2D eigenvalue weighted by Gasteiger charge is 2.28. The van der Waals surface area contributed by atoms with Crippen LogP contribution >= 0.6 is 0 Å². The molecule has 28 heavy (non-hydrogen) atoms. The number of hydrogen-bond acceptors (Lipinski definition) is 6. The van der Waals surface area contributed by atoms with E-state index in [4.69, 9.17) is 0 Å². The Morgan fingerprint density at radius 3 is 2.25 bits per heavy atom. The van der Waals surface area contributed by atoms with Crippen molar-refractivity contribution >= 4 is 15.7 Å². The lowest BCUT2D eigenvalue weighted by molar-refractivity contribution is 0.602. The van der Waals surface area contributed by atoms with Gasteiger partial charge in [-0.2, -0.15) is 0 Å². The minimum Gasteiger partial charge on any atom is -0.366 e. The molecule has 7 heteroatoms. The first-order chi connectivity index (χ1) is 13.6. The summed E-state index contributed by atoms with van der Waals surface area (Å²) in [5.74, 6) is 1.24. The molecular weight excluding hydrogens is 372 g/mol. The number of nitrogens with zero attached hydrogens (tertiary/aromatic N) is 3. The Morgan fingerprint density at radius 2 is 1.68 bits per heavy atom. The molecule has 0 amide bonds. The van der Waals surface area contributed by atoms with E-state index in [1.54, 1.807) is 18.6 Å². The van der Waals surface area contributed by atoms with E-state index in [9.17, 15) is 8.42 Å². The molecule has 1 fully saturated rings. The fourth-order valence-corrected chi connectivity index (χ4v) is 5.32. The van der Waals surface area contributed by atoms with Gasteiger partial charge in [-0.25, -0.2) is 13.4 Å². The molecule has 1 atom stereocenters. The first-order valence-electron chi connectivity index (χ1n) is 9.31. The maximum atomic E-state index is 11.8. The molecule has 0 aliphatic carbocycles. The van der Waals surface area contributed by atoms with Crippen LogP contribution in [0.5, 0.6) is 0 Å². The largest absolute Gasteiger partial charge is 0.366 e. The van der Waals surface area contributed by atoms with Crippen LogP contribution in [0.1, 0.15) is 29.0 Å². The second-order valence-corrected chi connectivity index (χ2v) is 9.31. The molecule has 1 aliphatic heterocycles. The SMILES string of the molecule is O=S1(=O)CCC(Nc2ncccc2CC(c2cccnc2)c2cccnc2)C1. The summed E-state index contributed by atoms with van der Waals surface area (Å²) in [5, 5.41) is 3.35. The summed E-state index contributed by atoms with van der Waals surface area (Å²) in [4.78, 5) is 13.0. The van der Waals surface area contributed by atoms with Crippen molar-refractivity contribution in [2.45, 2.75) is 24.8 Å². The molecular formula is C21H22N4O2S. The first-order valence-corrected chi connectivity index (χ1v) is 11.1. The van der Waals surface area contributed by atoms with Gasteiger partial charge in [0.25, 0.3) is 0 Å². The van der Waals surface area contributed by atoms with E-state index in [0.29, 0.717) is 12.8 Å². The van der Waals surface area contributed by atoms with Crippen molar-refractivity contribution in [1.29, 1.82) is 0 Å². The highest BCUT2D eigenvalue weighted by atomic mass is 32.2. The third-order valence-electron chi connectivity index (χ3n) is 5.06. The number of hydrogen-bond donors (Lipinski definition) is 1. The van der Waals surface area contributed by atoms with E-state index in [-0.39, 0.29) is 23.5 Å². The van der Waals surface area contributed by atoms with E-state index < -0.39 is 9.84 Å². The predicted octanol–water partition coefficient (Wildman–Crippen LogP) is 2.85. The average Bonchev–Trinajstić information content (AvgIpc) is 3.07. The molecule has 6 nitrogen and oxygen atoms in total. The van der Waals surface area contributed by atoms with Crippen LogP contribution in [0.15, 0.2) is 67.4 Å². The smallest absolute Gasteiger partial charge is 0.152 e. The maximum Gasteiger partial charge on any atom is 0.152 e. The van der Waals surface area contributed by atoms with Crippen molar-refractivity contribution in [2.24, 2.45) is 0 Å². The Morgan fingerprint density at radius 1 is 1.00 bits per heavy atom. The molecule has 1 unspecified atom stereocenters. The number of pyridine rings is 3. The summed E-state index contributed by atoms with van der Waals surface area (Å²) in [7, 11) is -2.94. The van der Waals surface area contributed by atoms with Crippen LogP contribution < -0.4 is 5.32 Å². The highest BCUT2D eigenvalue weighted by molar-refractivity contribution is 7.91. The monoisotopic (exact) mass is 394 g/mol. The van der Waals surface area contributed by atoms with Crippen molar-refractivity contribution in [3.8, 4) is 0 Å². The minimum atomic E-state index is -2.94. The normalized spacial score (nSPS) is 18.2. The van der Waals surface area contributed by atoms with Crippen LogP contribution in [-0.4, -0.2) is 40.9 Å². The Bertz CT molecular complexity index is 987. The Labute approximate surface area is 165 Å². The summed E-state index contributed by atoms with van der Waals surface area (Å²) < 4.78 is 23.6. The van der Waals surface area contributed by atoms with Crippen molar-refractivity contribution < 1.29 is 8.42 Å². The van der Waals surface area contributed by atoms with Gasteiger partial charge in [0.05, 0.1) is 11.5 Å². The number of sulfone groups is 1. The molecule has 0 radical (unpaired) electrons. The van der Waals surface area contributed by atoms with E-state index in [1.807, 2.05) is 36.7 Å². The molecule has 1 aliphatic rings. The summed E-state index contributed by atoms with van der Waals surface area (Å²) in [5.41, 5.74) is 3.26. The van der Waals surface area contributed by atoms with E-state index in [1.165, 1.54) is 0 Å². The highest BCUT2D eigenvalue weighted by Crippen LogP contribution is 2.30. The van der Waals surface area contributed by atoms with Gasteiger partial charge < -0.3 is 5.32 Å². The second kappa shape index (κ2) is 8.06. The molecule has 3 aromatic rings. The van der Waals surface area contributed by atoms with Gasteiger partial charge >= 0.3 is 0 Å². The fraction of sp³-hybridized carbons (Fsp3) is 0.286. The summed E-state index contributed by atoms with van der Waals surface area (Å²) in [6.45, 7) is 0. The zero-order valence-corrected chi connectivity index (χ0v) is 16.2. The van der Waals surface area contributed by atoms with E-state index >= 15 is 0 Å². The molecule has 0 bridgehead atoms. The summed E-state index contributed by atoms with van der Waals surface area (Å²) in [6, 6.07) is 11.9. The van der Waals surface area contributed by atoms with Gasteiger partial charge in [0, 0.05) is 42.9 Å². The molecule has 1 N–H and O–H groups in total. The minimum absolute atomic E-state index is 0.0828. The molecule has 4 heterocycles. The standard InChI is InChI=1S/C21H22N4O2S/c26-28(27)11-7-19(15-28)25-21-16(4-3-10-24-21)12-20(17-5-1-8-22-13-17)18-6-2-9-23-14-18/h1-6,8-10,13-14,19-20H,7,11-12,15H2,(H,24,25). The zero-order valence-electron chi connectivity index (χ0n) is 15.4. The van der Waals surface area contributed by atoms with Crippen molar-refractivity contribution in [3.63, 3.8) is 0 Å². The zero-order chi connectivity index (χ0) is 19.4. The summed E-state index contributed by atoms with van der Waals surface area (Å²) in [6.07, 6.45) is 10.4. The van der Waals surface area contributed by atoms with Crippen molar-refractivity contribution in [2.75, 3.05) is 16.8 Å². The number of nitrogens with one attached hydrogen (secondary N) is 1. The van der Waals surface area contributed by atoms with Gasteiger partial charge in [-0.1, -0.05) is 18.2 Å². The van der Waals surface area contributed by atoms with Gasteiger partial charge in [-0.05, 0) is 47.7 Å². The third-order valence-corrected chi connectivity index (χ3v) is 6.83. The Balaban J connectivity index is 1.63. The molecule has 0 spiro atoms. The van der Waals surface area contributed by atoms with Gasteiger partial charge in [-0.3, -0.25) is 9.97 Å². The maximum absolute atomic E-state index is 11.8. The van der Waals surface area contributed by atoms with Crippen LogP contribution in [0.2, 0.25) is 0 Å².